The van der Waals surface area contributed by atoms with Gasteiger partial charge >= 0.3 is 6.03 Å². The largest absolute Gasteiger partial charge is 0.439 e. The van der Waals surface area contributed by atoms with Gasteiger partial charge in [0.25, 0.3) is 0 Å². The lowest BCUT2D eigenvalue weighted by Crippen LogP contribution is -2.18. The van der Waals surface area contributed by atoms with Crippen molar-refractivity contribution in [1.29, 1.82) is 0 Å². The van der Waals surface area contributed by atoms with Crippen molar-refractivity contribution in [3.63, 3.8) is 0 Å². The van der Waals surface area contributed by atoms with Crippen molar-refractivity contribution >= 4 is 28.1 Å². The number of ether oxygens (including phenoxy) is 1. The van der Waals surface area contributed by atoms with Crippen LogP contribution in [0.1, 0.15) is 22.8 Å². The van der Waals surface area contributed by atoms with E-state index in [9.17, 15) is 4.79 Å². The van der Waals surface area contributed by atoms with Gasteiger partial charge in [-0.2, -0.15) is 10.1 Å². The molecule has 0 aliphatic heterocycles. The number of carbonyl (C=O) groups excluding carboxylic acids is 1. The molecule has 0 atom stereocenters. The molecule has 31 heavy (non-hydrogen) atoms. The van der Waals surface area contributed by atoms with E-state index in [0.29, 0.717) is 29.0 Å². The molecule has 2 amide bonds. The summed E-state index contributed by atoms with van der Waals surface area (Å²) in [6.45, 7) is 7.83. The van der Waals surface area contributed by atoms with Crippen LogP contribution in [-0.2, 0) is 0 Å². The van der Waals surface area contributed by atoms with Gasteiger partial charge < -0.3 is 10.1 Å². The van der Waals surface area contributed by atoms with Gasteiger partial charge in [0, 0.05) is 17.4 Å². The van der Waals surface area contributed by atoms with Crippen molar-refractivity contribution in [3.8, 4) is 17.4 Å². The van der Waals surface area contributed by atoms with Gasteiger partial charge in [-0.3, -0.25) is 5.32 Å². The van der Waals surface area contributed by atoms with Gasteiger partial charge in [-0.15, -0.1) is 11.3 Å². The lowest BCUT2D eigenvalue weighted by atomic mass is 10.2. The summed E-state index contributed by atoms with van der Waals surface area (Å²) in [6, 6.07) is 12.2. The highest BCUT2D eigenvalue weighted by Crippen LogP contribution is 2.24. The summed E-state index contributed by atoms with van der Waals surface area (Å²) in [5.41, 5.74) is 3.77. The second kappa shape index (κ2) is 8.57. The summed E-state index contributed by atoms with van der Waals surface area (Å²) in [5.74, 6) is 2.25. The average Bonchev–Trinajstić information content (AvgIpc) is 3.33. The predicted octanol–water partition coefficient (Wildman–Crippen LogP) is 5.39. The van der Waals surface area contributed by atoms with Crippen LogP contribution < -0.4 is 15.4 Å². The summed E-state index contributed by atoms with van der Waals surface area (Å²) in [5, 5.41) is 12.8. The van der Waals surface area contributed by atoms with E-state index in [4.69, 9.17) is 4.74 Å². The predicted molar refractivity (Wildman–Crippen MR) is 122 cm³/mol. The fourth-order valence-corrected chi connectivity index (χ4v) is 3.59. The number of nitrogens with one attached hydrogen (secondary N) is 2. The highest BCUT2D eigenvalue weighted by Gasteiger charge is 2.13. The number of aryl methyl sites for hydroxylation is 2. The molecule has 0 radical (unpaired) electrons. The van der Waals surface area contributed by atoms with E-state index in [1.807, 2.05) is 45.2 Å². The maximum atomic E-state index is 12.0. The highest BCUT2D eigenvalue weighted by molar-refractivity contribution is 7.14. The zero-order valence-corrected chi connectivity index (χ0v) is 18.4. The van der Waals surface area contributed by atoms with E-state index < -0.39 is 0 Å². The van der Waals surface area contributed by atoms with Crippen molar-refractivity contribution in [1.82, 2.24) is 19.7 Å². The number of amides is 2. The molecule has 158 valence electrons. The van der Waals surface area contributed by atoms with Crippen LogP contribution in [0.3, 0.4) is 0 Å². The Labute approximate surface area is 183 Å². The second-order valence-corrected chi connectivity index (χ2v) is 7.95. The quantitative estimate of drug-likeness (QED) is 0.439. The number of rotatable bonds is 5. The van der Waals surface area contributed by atoms with Crippen LogP contribution >= 0.6 is 11.3 Å². The minimum atomic E-state index is -0.299. The normalized spacial score (nSPS) is 10.7. The first kappa shape index (κ1) is 20.5. The molecule has 0 unspecified atom stereocenters. The number of anilines is 2. The van der Waals surface area contributed by atoms with E-state index in [1.54, 1.807) is 35.0 Å². The van der Waals surface area contributed by atoms with Crippen LogP contribution in [0.5, 0.6) is 11.6 Å². The van der Waals surface area contributed by atoms with Crippen LogP contribution in [0.25, 0.3) is 5.82 Å². The summed E-state index contributed by atoms with van der Waals surface area (Å²) >= 11 is 1.46. The van der Waals surface area contributed by atoms with E-state index in [0.717, 1.165) is 22.0 Å². The molecule has 4 aromatic rings. The number of hydrogen-bond acceptors (Lipinski definition) is 6. The highest BCUT2D eigenvalue weighted by atomic mass is 32.1. The first-order chi connectivity index (χ1) is 14.9. The molecular weight excluding hydrogens is 412 g/mol. The van der Waals surface area contributed by atoms with Gasteiger partial charge in [0.05, 0.1) is 10.7 Å². The molecule has 0 fully saturated rings. The molecule has 0 bridgehead atoms. The van der Waals surface area contributed by atoms with E-state index >= 15 is 0 Å². The third-order valence-electron chi connectivity index (χ3n) is 4.76. The minimum Gasteiger partial charge on any atom is -0.439 e. The zero-order valence-electron chi connectivity index (χ0n) is 17.6. The van der Waals surface area contributed by atoms with Crippen LogP contribution in [-0.4, -0.2) is 25.8 Å². The van der Waals surface area contributed by atoms with E-state index in [-0.39, 0.29) is 6.03 Å². The number of nitrogens with zero attached hydrogens (tertiary/aromatic N) is 4. The smallest absolute Gasteiger partial charge is 0.324 e. The van der Waals surface area contributed by atoms with Gasteiger partial charge in [-0.05, 0) is 75.0 Å². The number of thiophene rings is 1. The second-order valence-electron chi connectivity index (χ2n) is 7.00. The number of benzene rings is 1. The van der Waals surface area contributed by atoms with Crippen LogP contribution in [0.2, 0.25) is 0 Å². The first-order valence-electron chi connectivity index (χ1n) is 9.67. The molecule has 2 N–H and O–H groups in total. The molecule has 0 aliphatic rings. The zero-order chi connectivity index (χ0) is 22.0. The Bertz CT molecular complexity index is 1220. The number of urea groups is 1. The summed E-state index contributed by atoms with van der Waals surface area (Å²) in [4.78, 5) is 20.9. The summed E-state index contributed by atoms with van der Waals surface area (Å²) in [6.07, 6.45) is 0. The lowest BCUT2D eigenvalue weighted by Gasteiger charge is -2.10. The molecule has 9 heteroatoms. The van der Waals surface area contributed by atoms with Crippen LogP contribution in [0.4, 0.5) is 15.5 Å². The molecule has 0 saturated carbocycles. The maximum absolute atomic E-state index is 12.0. The van der Waals surface area contributed by atoms with Gasteiger partial charge in [-0.1, -0.05) is 0 Å². The molecule has 3 heterocycles. The topological polar surface area (TPSA) is 94.0 Å². The Balaban J connectivity index is 1.47. The van der Waals surface area contributed by atoms with Crippen molar-refractivity contribution in [2.75, 3.05) is 10.6 Å². The maximum Gasteiger partial charge on any atom is 0.324 e. The SMILES string of the molecule is Cc1nc(Oc2ccc(NC(=O)Nc3cccs3)cc2)cc(-n2nc(C)c(C)c2C)n1. The van der Waals surface area contributed by atoms with Gasteiger partial charge in [0.2, 0.25) is 5.88 Å². The lowest BCUT2D eigenvalue weighted by molar-refractivity contribution is 0.262. The van der Waals surface area contributed by atoms with Crippen molar-refractivity contribution in [2.24, 2.45) is 0 Å². The fraction of sp³-hybridized carbons (Fsp3) is 0.182. The monoisotopic (exact) mass is 434 g/mol. The van der Waals surface area contributed by atoms with Gasteiger partial charge in [0.1, 0.15) is 11.6 Å². The minimum absolute atomic E-state index is 0.299. The van der Waals surface area contributed by atoms with E-state index in [1.165, 1.54) is 11.3 Å². The molecular formula is C22H22N6O2S. The molecule has 4 rings (SSSR count). The van der Waals surface area contributed by atoms with Crippen molar-refractivity contribution in [2.45, 2.75) is 27.7 Å². The average molecular weight is 435 g/mol. The fourth-order valence-electron chi connectivity index (χ4n) is 2.98. The summed E-state index contributed by atoms with van der Waals surface area (Å²) < 4.78 is 7.72. The Morgan fingerprint density at radius 2 is 1.81 bits per heavy atom. The molecule has 3 aromatic heterocycles. The number of hydrogen-bond donors (Lipinski definition) is 2. The third-order valence-corrected chi connectivity index (χ3v) is 5.55. The van der Waals surface area contributed by atoms with Gasteiger partial charge in [-0.25, -0.2) is 14.5 Å². The molecule has 0 saturated heterocycles. The van der Waals surface area contributed by atoms with Crippen molar-refractivity contribution < 1.29 is 9.53 Å². The molecule has 8 nitrogen and oxygen atoms in total. The summed E-state index contributed by atoms with van der Waals surface area (Å²) in [7, 11) is 0. The van der Waals surface area contributed by atoms with Gasteiger partial charge in [0.15, 0.2) is 5.82 Å². The Kier molecular flexibility index (Phi) is 5.68. The Morgan fingerprint density at radius 3 is 2.45 bits per heavy atom. The third kappa shape index (κ3) is 4.72. The Morgan fingerprint density at radius 1 is 1.03 bits per heavy atom. The number of carbonyl (C=O) groups is 1. The van der Waals surface area contributed by atoms with Crippen LogP contribution in [0.15, 0.2) is 47.8 Å². The number of aromatic nitrogens is 4. The van der Waals surface area contributed by atoms with Crippen LogP contribution in [0, 0.1) is 27.7 Å². The molecule has 1 aromatic carbocycles. The van der Waals surface area contributed by atoms with E-state index in [2.05, 4.69) is 25.7 Å². The molecule has 0 spiro atoms. The van der Waals surface area contributed by atoms with Crippen molar-refractivity contribution in [3.05, 3.63) is 70.6 Å². The Hall–Kier alpha value is -3.72. The first-order valence-corrected chi connectivity index (χ1v) is 10.6. The molecule has 0 aliphatic carbocycles. The standard InChI is InChI=1S/C22H22N6O2S/c1-13-14(2)27-28(15(13)3)19-12-20(24-16(4)23-19)30-18-9-7-17(8-10-18)25-22(29)26-21-6-5-11-31-21/h5-12H,1-4H3,(H2,25,26,29).